The maximum Gasteiger partial charge on any atom is 0.325 e. The van der Waals surface area contributed by atoms with E-state index in [0.717, 1.165) is 16.7 Å². The van der Waals surface area contributed by atoms with Crippen molar-refractivity contribution in [3.63, 3.8) is 0 Å². The van der Waals surface area contributed by atoms with E-state index in [-0.39, 0.29) is 12.5 Å². The van der Waals surface area contributed by atoms with Crippen molar-refractivity contribution >= 4 is 11.9 Å². The normalized spacial score (nSPS) is 15.0. The third-order valence-electron chi connectivity index (χ3n) is 6.00. The Labute approximate surface area is 191 Å². The molecule has 0 atom stereocenters. The van der Waals surface area contributed by atoms with Gasteiger partial charge in [-0.1, -0.05) is 78.4 Å². The predicted octanol–water partition coefficient (Wildman–Crippen LogP) is 4.95. The molecular weight excluding hydrogens is 414 g/mol. The Balaban J connectivity index is 1.49. The molecule has 3 amide bonds. The van der Waals surface area contributed by atoms with Crippen LogP contribution in [-0.4, -0.2) is 21.8 Å². The number of benzene rings is 3. The molecule has 0 saturated carbocycles. The molecule has 0 bridgehead atoms. The molecule has 6 nitrogen and oxygen atoms in total. The Hall–Kier alpha value is -4.19. The zero-order chi connectivity index (χ0) is 23.0. The summed E-state index contributed by atoms with van der Waals surface area (Å²) in [5.74, 6) is 0.118. The van der Waals surface area contributed by atoms with Crippen molar-refractivity contribution in [3.8, 4) is 11.5 Å². The van der Waals surface area contributed by atoms with Crippen LogP contribution in [0.4, 0.5) is 4.79 Å². The lowest BCUT2D eigenvalue weighted by Crippen LogP contribution is -2.45. The van der Waals surface area contributed by atoms with Gasteiger partial charge >= 0.3 is 6.03 Å². The van der Waals surface area contributed by atoms with Gasteiger partial charge in [-0.15, -0.1) is 0 Å². The maximum absolute atomic E-state index is 13.8. The van der Waals surface area contributed by atoms with Gasteiger partial charge in [0.2, 0.25) is 5.89 Å². The molecule has 164 valence electrons. The van der Waals surface area contributed by atoms with Gasteiger partial charge in [-0.05, 0) is 36.6 Å². The number of hydrogen-bond donors (Lipinski definition) is 1. The summed E-state index contributed by atoms with van der Waals surface area (Å²) in [5.41, 5.74) is 3.70. The smallest absolute Gasteiger partial charge is 0.325 e. The summed E-state index contributed by atoms with van der Waals surface area (Å²) in [5, 5.41) is 2.95. The summed E-state index contributed by atoms with van der Waals surface area (Å²) in [6.45, 7) is 4.04. The minimum absolute atomic E-state index is 0.0144. The van der Waals surface area contributed by atoms with E-state index in [2.05, 4.69) is 16.4 Å². The van der Waals surface area contributed by atoms with Gasteiger partial charge in [0.25, 0.3) is 5.91 Å². The molecule has 0 radical (unpaired) electrons. The molecule has 1 aliphatic heterocycles. The summed E-state index contributed by atoms with van der Waals surface area (Å²) >= 11 is 0. The fourth-order valence-corrected chi connectivity index (χ4v) is 4.37. The molecule has 2 heterocycles. The number of amides is 3. The third-order valence-corrected chi connectivity index (χ3v) is 6.00. The number of oxazole rings is 1. The fourth-order valence-electron chi connectivity index (χ4n) is 4.37. The van der Waals surface area contributed by atoms with E-state index in [9.17, 15) is 9.59 Å². The van der Waals surface area contributed by atoms with Crippen LogP contribution in [-0.2, 0) is 16.9 Å². The number of hydrogen-bond acceptors (Lipinski definition) is 4. The minimum atomic E-state index is -1.29. The Kier molecular flexibility index (Phi) is 5.05. The molecule has 0 aliphatic carbocycles. The predicted molar refractivity (Wildman–Crippen MR) is 124 cm³/mol. The molecule has 4 aromatic rings. The lowest BCUT2D eigenvalue weighted by atomic mass is 9.82. The van der Waals surface area contributed by atoms with Gasteiger partial charge in [0.1, 0.15) is 6.26 Å². The topological polar surface area (TPSA) is 75.4 Å². The van der Waals surface area contributed by atoms with Gasteiger partial charge in [0.05, 0.1) is 12.2 Å². The molecule has 1 aromatic heterocycles. The number of aryl methyl sites for hydroxylation is 2. The van der Waals surface area contributed by atoms with E-state index in [1.165, 1.54) is 11.2 Å². The first-order chi connectivity index (χ1) is 16.0. The van der Waals surface area contributed by atoms with Gasteiger partial charge < -0.3 is 9.73 Å². The summed E-state index contributed by atoms with van der Waals surface area (Å²) in [6, 6.07) is 24.1. The zero-order valence-corrected chi connectivity index (χ0v) is 18.4. The van der Waals surface area contributed by atoms with E-state index in [4.69, 9.17) is 4.42 Å². The second-order valence-electron chi connectivity index (χ2n) is 8.27. The summed E-state index contributed by atoms with van der Waals surface area (Å²) < 4.78 is 5.69. The average Bonchev–Trinajstić information content (AvgIpc) is 3.39. The Morgan fingerprint density at radius 3 is 2.15 bits per heavy atom. The number of carbonyl (C=O) groups excluding carboxylic acids is 2. The van der Waals surface area contributed by atoms with Crippen LogP contribution >= 0.6 is 0 Å². The second-order valence-corrected chi connectivity index (χ2v) is 8.27. The number of rotatable bonds is 5. The van der Waals surface area contributed by atoms with Crippen molar-refractivity contribution in [2.45, 2.75) is 25.9 Å². The van der Waals surface area contributed by atoms with Crippen molar-refractivity contribution in [2.75, 3.05) is 0 Å². The Morgan fingerprint density at radius 2 is 1.55 bits per heavy atom. The molecule has 3 aromatic carbocycles. The van der Waals surface area contributed by atoms with Gasteiger partial charge in [-0.2, -0.15) is 0 Å². The van der Waals surface area contributed by atoms with Gasteiger partial charge in [-0.3, -0.25) is 9.69 Å². The first-order valence-electron chi connectivity index (χ1n) is 10.8. The fraction of sp³-hybridized carbons (Fsp3) is 0.148. The van der Waals surface area contributed by atoms with E-state index in [1.54, 1.807) is 0 Å². The van der Waals surface area contributed by atoms with Crippen LogP contribution in [0.15, 0.2) is 89.5 Å². The maximum atomic E-state index is 13.8. The summed E-state index contributed by atoms with van der Waals surface area (Å²) in [6.07, 6.45) is 1.50. The SMILES string of the molecule is Cc1ccc(-c2nc(CN3C(=O)NC(c4ccccc4)(c4ccccc4)C3=O)co2)c(C)c1. The van der Waals surface area contributed by atoms with E-state index < -0.39 is 11.6 Å². The standard InChI is InChI=1S/C27H23N3O3/c1-18-13-14-23(19(2)15-18)24-28-22(17-33-24)16-30-25(31)27(29-26(30)32,20-9-5-3-6-10-20)21-11-7-4-8-12-21/h3-15,17H,16H2,1-2H3,(H,29,32). The highest BCUT2D eigenvalue weighted by Gasteiger charge is 2.53. The molecule has 0 spiro atoms. The van der Waals surface area contributed by atoms with Crippen molar-refractivity contribution in [1.29, 1.82) is 0 Å². The molecular formula is C27H23N3O3. The van der Waals surface area contributed by atoms with Crippen LogP contribution in [0.5, 0.6) is 0 Å². The third kappa shape index (κ3) is 3.49. The Bertz CT molecular complexity index is 1290. The molecule has 1 fully saturated rings. The van der Waals surface area contributed by atoms with Crippen molar-refractivity contribution < 1.29 is 14.0 Å². The summed E-state index contributed by atoms with van der Waals surface area (Å²) in [7, 11) is 0. The van der Waals surface area contributed by atoms with E-state index in [0.29, 0.717) is 22.7 Å². The van der Waals surface area contributed by atoms with Gasteiger partial charge in [-0.25, -0.2) is 9.78 Å². The highest BCUT2D eigenvalue weighted by Crippen LogP contribution is 2.36. The second kappa shape index (κ2) is 8.06. The lowest BCUT2D eigenvalue weighted by Gasteiger charge is -2.27. The first-order valence-corrected chi connectivity index (χ1v) is 10.8. The number of carbonyl (C=O) groups is 2. The van der Waals surface area contributed by atoms with Crippen LogP contribution in [0.3, 0.4) is 0 Å². The van der Waals surface area contributed by atoms with Crippen LogP contribution < -0.4 is 5.32 Å². The monoisotopic (exact) mass is 437 g/mol. The highest BCUT2D eigenvalue weighted by molar-refractivity contribution is 6.09. The average molecular weight is 437 g/mol. The molecule has 33 heavy (non-hydrogen) atoms. The quantitative estimate of drug-likeness (QED) is 0.448. The molecule has 6 heteroatoms. The number of nitrogens with one attached hydrogen (secondary N) is 1. The largest absolute Gasteiger partial charge is 0.444 e. The lowest BCUT2D eigenvalue weighted by molar-refractivity contribution is -0.130. The summed E-state index contributed by atoms with van der Waals surface area (Å²) in [4.78, 5) is 32.6. The van der Waals surface area contributed by atoms with Crippen LogP contribution in [0.2, 0.25) is 0 Å². The Morgan fingerprint density at radius 1 is 0.909 bits per heavy atom. The van der Waals surface area contributed by atoms with Crippen molar-refractivity contribution in [2.24, 2.45) is 0 Å². The van der Waals surface area contributed by atoms with Crippen LogP contribution in [0.1, 0.15) is 27.9 Å². The highest BCUT2D eigenvalue weighted by atomic mass is 16.3. The minimum Gasteiger partial charge on any atom is -0.444 e. The van der Waals surface area contributed by atoms with E-state index >= 15 is 0 Å². The first kappa shape index (κ1) is 20.7. The number of aromatic nitrogens is 1. The molecule has 5 rings (SSSR count). The van der Waals surface area contributed by atoms with Gasteiger partial charge in [0, 0.05) is 5.56 Å². The van der Waals surface area contributed by atoms with E-state index in [1.807, 2.05) is 86.6 Å². The number of imide groups is 1. The van der Waals surface area contributed by atoms with Crippen LogP contribution in [0.25, 0.3) is 11.5 Å². The number of nitrogens with zero attached hydrogens (tertiary/aromatic N) is 2. The molecule has 1 aliphatic rings. The molecule has 1 saturated heterocycles. The van der Waals surface area contributed by atoms with Crippen molar-refractivity contribution in [1.82, 2.24) is 15.2 Å². The van der Waals surface area contributed by atoms with Crippen molar-refractivity contribution in [3.05, 3.63) is 113 Å². The molecule has 1 N–H and O–H groups in total. The van der Waals surface area contributed by atoms with Gasteiger partial charge in [0.15, 0.2) is 5.54 Å². The van der Waals surface area contributed by atoms with Crippen LogP contribution in [0, 0.1) is 13.8 Å². The number of urea groups is 1. The zero-order valence-electron chi connectivity index (χ0n) is 18.4. The molecule has 0 unspecified atom stereocenters.